The summed E-state index contributed by atoms with van der Waals surface area (Å²) in [4.78, 5) is 36.1. The Labute approximate surface area is 367 Å². The van der Waals surface area contributed by atoms with Gasteiger partial charge in [-0.25, -0.2) is 31.2 Å². The number of benzene rings is 3. The van der Waals surface area contributed by atoms with Gasteiger partial charge >= 0.3 is 6.18 Å². The lowest BCUT2D eigenvalue weighted by molar-refractivity contribution is -0.153. The number of rotatable bonds is 13. The molecule has 2 N–H and O–H groups in total. The summed E-state index contributed by atoms with van der Waals surface area (Å²) in [6.45, 7) is -1.37. The molecular formula is C44H34F4N6O9S2. The standard InChI is InChI=1S/C23H16F4N2O5S.C21H18N4O4S/c24-16-8-17(33-13-23(25,26)27)10-19(9-16)35(31,32)18-3-1-14(2-4-18)11-29-22(30)20-7-15-5-6-28-12-21(15)34-20;1-29-17-5-9-20(23-13-17)30(27,28)18-6-2-15(3-7-18)12-24-21(26)16-4-8-19-22-10-11-25(19)14-16/h1-10,12H,11,13H2,(H,29,30);2-11,13-14H,12H2,1H3,(H,24,26). The van der Waals surface area contributed by atoms with E-state index in [0.29, 0.717) is 40.0 Å². The zero-order valence-corrected chi connectivity index (χ0v) is 35.3. The number of hydrogen-bond donors (Lipinski definition) is 2. The summed E-state index contributed by atoms with van der Waals surface area (Å²) >= 11 is 0. The molecule has 0 aliphatic heterocycles. The van der Waals surface area contributed by atoms with E-state index < -0.39 is 54.8 Å². The van der Waals surface area contributed by atoms with Crippen LogP contribution >= 0.6 is 0 Å². The van der Waals surface area contributed by atoms with Crippen LogP contribution in [-0.4, -0.2) is 67.9 Å². The minimum Gasteiger partial charge on any atom is -0.495 e. The van der Waals surface area contributed by atoms with Crippen LogP contribution in [-0.2, 0) is 32.8 Å². The molecule has 3 aromatic carbocycles. The number of alkyl halides is 3. The van der Waals surface area contributed by atoms with Crippen molar-refractivity contribution in [1.29, 1.82) is 0 Å². The number of imidazole rings is 1. The van der Waals surface area contributed by atoms with Crippen LogP contribution in [0.2, 0.25) is 0 Å². The lowest BCUT2D eigenvalue weighted by atomic mass is 10.2. The van der Waals surface area contributed by atoms with Crippen molar-refractivity contribution in [2.24, 2.45) is 0 Å². The average molecular weight is 931 g/mol. The monoisotopic (exact) mass is 930 g/mol. The van der Waals surface area contributed by atoms with Crippen molar-refractivity contribution in [2.75, 3.05) is 13.7 Å². The van der Waals surface area contributed by atoms with Gasteiger partial charge in [0.15, 0.2) is 23.0 Å². The van der Waals surface area contributed by atoms with Crippen molar-refractivity contribution in [3.63, 3.8) is 0 Å². The van der Waals surface area contributed by atoms with Crippen molar-refractivity contribution in [3.05, 3.63) is 169 Å². The Hall–Kier alpha value is -7.65. The number of aromatic nitrogens is 4. The fourth-order valence-electron chi connectivity index (χ4n) is 6.02. The average Bonchev–Trinajstić information content (AvgIpc) is 3.97. The maximum Gasteiger partial charge on any atom is 0.422 e. The Kier molecular flexibility index (Phi) is 13.3. The van der Waals surface area contributed by atoms with Crippen LogP contribution in [0.25, 0.3) is 16.6 Å². The second kappa shape index (κ2) is 19.0. The molecule has 0 fully saturated rings. The molecule has 5 aromatic heterocycles. The Balaban J connectivity index is 0.000000196. The SMILES string of the molecule is COc1ccc(S(=O)(=O)c2ccc(CNC(=O)c3ccc4nccn4c3)cc2)nc1.O=C(NCc1ccc(S(=O)(=O)c2cc(F)cc(OCC(F)(F)F)c2)cc1)c1cc2ccncc2o1. The van der Waals surface area contributed by atoms with Gasteiger partial charge in [-0.3, -0.25) is 14.6 Å². The molecule has 21 heteroatoms. The van der Waals surface area contributed by atoms with E-state index in [9.17, 15) is 44.0 Å². The van der Waals surface area contributed by atoms with Crippen LogP contribution in [0.3, 0.4) is 0 Å². The summed E-state index contributed by atoms with van der Waals surface area (Å²) in [5.41, 5.74) is 3.05. The van der Waals surface area contributed by atoms with Gasteiger partial charge in [0.05, 0.1) is 39.8 Å². The van der Waals surface area contributed by atoms with Gasteiger partial charge in [-0.2, -0.15) is 13.2 Å². The van der Waals surface area contributed by atoms with E-state index >= 15 is 0 Å². The number of amides is 2. The van der Waals surface area contributed by atoms with Crippen molar-refractivity contribution in [2.45, 2.75) is 39.0 Å². The van der Waals surface area contributed by atoms with E-state index in [1.54, 1.807) is 71.7 Å². The number of hydrogen-bond acceptors (Lipinski definition) is 12. The number of pyridine rings is 3. The van der Waals surface area contributed by atoms with Crippen LogP contribution in [0.1, 0.15) is 32.0 Å². The van der Waals surface area contributed by atoms with E-state index in [2.05, 4.69) is 30.3 Å². The van der Waals surface area contributed by atoms with Gasteiger partial charge in [0.2, 0.25) is 19.7 Å². The first-order chi connectivity index (χ1) is 31.0. The van der Waals surface area contributed by atoms with Crippen molar-refractivity contribution >= 4 is 48.1 Å². The van der Waals surface area contributed by atoms with Crippen LogP contribution in [0.4, 0.5) is 17.6 Å². The van der Waals surface area contributed by atoms with E-state index in [-0.39, 0.29) is 39.6 Å². The number of methoxy groups -OCH3 is 1. The number of halogens is 4. The summed E-state index contributed by atoms with van der Waals surface area (Å²) in [5.74, 6) is -1.78. The normalized spacial score (nSPS) is 11.7. The summed E-state index contributed by atoms with van der Waals surface area (Å²) in [6, 6.07) is 23.5. The fourth-order valence-corrected chi connectivity index (χ4v) is 8.50. The van der Waals surface area contributed by atoms with Crippen LogP contribution in [0.5, 0.6) is 11.5 Å². The number of carbonyl (C=O) groups excluding carboxylic acids is 2. The van der Waals surface area contributed by atoms with Crippen LogP contribution in [0, 0.1) is 5.82 Å². The summed E-state index contributed by atoms with van der Waals surface area (Å²) in [5, 5.41) is 6.13. The molecule has 0 saturated carbocycles. The van der Waals surface area contributed by atoms with E-state index in [4.69, 9.17) is 9.15 Å². The predicted molar refractivity (Wildman–Crippen MR) is 224 cm³/mol. The van der Waals surface area contributed by atoms with Crippen LogP contribution in [0.15, 0.2) is 164 Å². The highest BCUT2D eigenvalue weighted by Gasteiger charge is 2.29. The van der Waals surface area contributed by atoms with E-state index in [1.165, 1.54) is 62.0 Å². The quantitative estimate of drug-likeness (QED) is 0.111. The highest BCUT2D eigenvalue weighted by molar-refractivity contribution is 7.91. The topological polar surface area (TPSA) is 201 Å². The molecule has 0 unspecified atom stereocenters. The van der Waals surface area contributed by atoms with Gasteiger partial charge in [-0.05, 0) is 83.9 Å². The highest BCUT2D eigenvalue weighted by atomic mass is 32.2. The minimum atomic E-state index is -4.67. The molecule has 334 valence electrons. The molecule has 5 heterocycles. The summed E-state index contributed by atoms with van der Waals surface area (Å²) in [7, 11) is -6.50. The Morgan fingerprint density at radius 1 is 0.723 bits per heavy atom. The summed E-state index contributed by atoms with van der Waals surface area (Å²) in [6.07, 6.45) is 4.87. The van der Waals surface area contributed by atoms with Gasteiger partial charge in [-0.15, -0.1) is 0 Å². The van der Waals surface area contributed by atoms with Crippen molar-refractivity contribution in [1.82, 2.24) is 30.0 Å². The molecular weight excluding hydrogens is 897 g/mol. The number of nitrogens with zero attached hydrogens (tertiary/aromatic N) is 4. The number of nitrogens with one attached hydrogen (secondary N) is 2. The zero-order chi connectivity index (χ0) is 46.4. The molecule has 2 amide bonds. The third kappa shape index (κ3) is 11.1. The number of carbonyl (C=O) groups is 2. The Morgan fingerprint density at radius 3 is 2.03 bits per heavy atom. The third-order valence-corrected chi connectivity index (χ3v) is 12.8. The summed E-state index contributed by atoms with van der Waals surface area (Å²) < 4.78 is 119. The van der Waals surface area contributed by atoms with Crippen molar-refractivity contribution in [3.8, 4) is 11.5 Å². The lowest BCUT2D eigenvalue weighted by Gasteiger charge is -2.11. The Bertz CT molecular complexity index is 3180. The molecule has 65 heavy (non-hydrogen) atoms. The zero-order valence-electron chi connectivity index (χ0n) is 33.7. The molecule has 0 spiro atoms. The molecule has 0 aliphatic rings. The van der Waals surface area contributed by atoms with Gasteiger partial charge in [-0.1, -0.05) is 24.3 Å². The second-order valence-electron chi connectivity index (χ2n) is 13.9. The Morgan fingerprint density at radius 2 is 1.40 bits per heavy atom. The number of fused-ring (bicyclic) bond motifs is 2. The molecule has 15 nitrogen and oxygen atoms in total. The van der Waals surface area contributed by atoms with Gasteiger partial charge in [0, 0.05) is 49.3 Å². The number of ether oxygens (including phenoxy) is 2. The van der Waals surface area contributed by atoms with Gasteiger partial charge < -0.3 is 28.9 Å². The van der Waals surface area contributed by atoms with Crippen LogP contribution < -0.4 is 20.1 Å². The molecule has 0 bridgehead atoms. The molecule has 8 rings (SSSR count). The molecule has 0 saturated heterocycles. The maximum absolute atomic E-state index is 13.9. The smallest absolute Gasteiger partial charge is 0.422 e. The van der Waals surface area contributed by atoms with E-state index in [0.717, 1.165) is 17.3 Å². The van der Waals surface area contributed by atoms with Gasteiger partial charge in [0.25, 0.3) is 11.8 Å². The second-order valence-corrected chi connectivity index (χ2v) is 17.7. The first kappa shape index (κ1) is 45.4. The molecule has 0 atom stereocenters. The largest absolute Gasteiger partial charge is 0.495 e. The molecule has 8 aromatic rings. The number of sulfone groups is 2. The number of furan rings is 1. The third-order valence-electron chi connectivity index (χ3n) is 9.35. The minimum absolute atomic E-state index is 0.0563. The first-order valence-electron chi connectivity index (χ1n) is 19.0. The van der Waals surface area contributed by atoms with Crippen molar-refractivity contribution < 1.29 is 57.9 Å². The first-order valence-corrected chi connectivity index (χ1v) is 22.0. The lowest BCUT2D eigenvalue weighted by Crippen LogP contribution is -2.23. The predicted octanol–water partition coefficient (Wildman–Crippen LogP) is 7.17. The fraction of sp³-hybridized carbons (Fsp3) is 0.114. The maximum atomic E-state index is 13.9. The van der Waals surface area contributed by atoms with Gasteiger partial charge in [0.1, 0.15) is 23.0 Å². The van der Waals surface area contributed by atoms with E-state index in [1.807, 2.05) is 0 Å². The molecule has 0 radical (unpaired) electrons. The molecule has 0 aliphatic carbocycles. The highest BCUT2D eigenvalue weighted by Crippen LogP contribution is 2.28.